The second-order valence-electron chi connectivity index (χ2n) is 0.805. The molecule has 0 saturated carbocycles. The maximum atomic E-state index is 5.10. The average Bonchev–Trinajstić information content (AvgIpc) is 1.61. The fourth-order valence-electron chi connectivity index (χ4n) is 0.0821. The molecule has 0 fully saturated rings. The molecule has 0 aromatic rings. The molecule has 0 aromatic heterocycles. The van der Waals surface area contributed by atoms with Crippen molar-refractivity contribution in [2.45, 2.75) is 0 Å². The number of hydrogen-bond acceptors (Lipinski definition) is 4. The van der Waals surface area contributed by atoms with E-state index in [2.05, 4.69) is 24.4 Å². The molecule has 0 amide bonds. The summed E-state index contributed by atoms with van der Waals surface area (Å²) in [4.78, 5) is 0. The van der Waals surface area contributed by atoms with Crippen LogP contribution in [0.25, 0.3) is 0 Å². The molecule has 0 rings (SSSR count). The van der Waals surface area contributed by atoms with Gasteiger partial charge in [0, 0.05) is 19.5 Å². The summed E-state index contributed by atoms with van der Waals surface area (Å²) in [7, 11) is 2.40. The third kappa shape index (κ3) is 12.3. The minimum Gasteiger partial charge on any atom is -0.384 e. The molecular weight excluding hydrogens is 246 g/mol. The fraction of sp³-hybridized carbons (Fsp3) is 0. The van der Waals surface area contributed by atoms with E-state index >= 15 is 0 Å². The predicted molar refractivity (Wildman–Crippen MR) is 48.8 cm³/mol. The number of hydrogen-bond donors (Lipinski definition) is 2. The SMILES string of the molecule is NC(=S)SSC(N)=S.[Zn]. The molecule has 0 radical (unpaired) electrons. The summed E-state index contributed by atoms with van der Waals surface area (Å²) in [6, 6.07) is 0. The first-order chi connectivity index (χ1) is 3.63. The van der Waals surface area contributed by atoms with Crippen molar-refractivity contribution >= 4 is 54.7 Å². The molecule has 0 spiro atoms. The summed E-state index contributed by atoms with van der Waals surface area (Å²) in [6.45, 7) is 0. The monoisotopic (exact) mass is 248 g/mol. The van der Waals surface area contributed by atoms with Gasteiger partial charge in [-0.1, -0.05) is 24.4 Å². The van der Waals surface area contributed by atoms with E-state index in [1.807, 2.05) is 0 Å². The van der Waals surface area contributed by atoms with Gasteiger partial charge in [-0.25, -0.2) is 0 Å². The molecule has 0 aliphatic heterocycles. The topological polar surface area (TPSA) is 52.0 Å². The van der Waals surface area contributed by atoms with Crippen LogP contribution >= 0.6 is 46.0 Å². The summed E-state index contributed by atoms with van der Waals surface area (Å²) < 4.78 is 0.700. The third-order valence-corrected chi connectivity index (χ3v) is 3.08. The number of nitrogens with two attached hydrogens (primary N) is 2. The van der Waals surface area contributed by atoms with E-state index in [0.717, 1.165) is 0 Å². The van der Waals surface area contributed by atoms with Gasteiger partial charge in [-0.2, -0.15) is 0 Å². The Bertz CT molecular complexity index is 101. The molecule has 0 atom stereocenters. The molecule has 0 saturated heterocycles. The molecule has 0 aromatic carbocycles. The molecule has 0 aliphatic rings. The van der Waals surface area contributed by atoms with Crippen LogP contribution in [-0.2, 0) is 19.5 Å². The van der Waals surface area contributed by atoms with Crippen molar-refractivity contribution in [3.8, 4) is 0 Å². The van der Waals surface area contributed by atoms with Gasteiger partial charge in [-0.3, -0.25) is 0 Å². The molecule has 7 heteroatoms. The van der Waals surface area contributed by atoms with Gasteiger partial charge >= 0.3 is 0 Å². The van der Waals surface area contributed by atoms with Crippen LogP contribution in [0.4, 0.5) is 0 Å². The maximum absolute atomic E-state index is 5.10. The van der Waals surface area contributed by atoms with Crippen LogP contribution < -0.4 is 11.5 Å². The summed E-state index contributed by atoms with van der Waals surface area (Å²) >= 11 is 9.04. The summed E-state index contributed by atoms with van der Waals surface area (Å²) in [6.07, 6.45) is 0. The van der Waals surface area contributed by atoms with E-state index in [4.69, 9.17) is 11.5 Å². The standard InChI is InChI=1S/C2H4N2S4.Zn/c3-1(5)7-8-2(4)6;/h(H2,3,5)(H2,4,6);. The Morgan fingerprint density at radius 3 is 1.33 bits per heavy atom. The van der Waals surface area contributed by atoms with Gasteiger partial charge in [-0.15, -0.1) is 0 Å². The van der Waals surface area contributed by atoms with E-state index < -0.39 is 0 Å². The van der Waals surface area contributed by atoms with Crippen LogP contribution in [0.3, 0.4) is 0 Å². The molecule has 0 bridgehead atoms. The van der Waals surface area contributed by atoms with Crippen molar-refractivity contribution in [1.82, 2.24) is 0 Å². The second kappa shape index (κ2) is 7.21. The molecule has 9 heavy (non-hydrogen) atoms. The zero-order chi connectivity index (χ0) is 6.57. The average molecular weight is 250 g/mol. The quantitative estimate of drug-likeness (QED) is 0.377. The smallest absolute Gasteiger partial charge is 0.142 e. The number of rotatable bonds is 0. The van der Waals surface area contributed by atoms with Crippen LogP contribution in [0.2, 0.25) is 0 Å². The van der Waals surface area contributed by atoms with E-state index in [-0.39, 0.29) is 19.5 Å². The zero-order valence-corrected chi connectivity index (χ0v) is 10.7. The van der Waals surface area contributed by atoms with Crippen molar-refractivity contribution in [2.75, 3.05) is 0 Å². The first-order valence-electron chi connectivity index (χ1n) is 1.56. The first kappa shape index (κ1) is 12.8. The zero-order valence-electron chi connectivity index (χ0n) is 4.49. The van der Waals surface area contributed by atoms with Crippen molar-refractivity contribution in [2.24, 2.45) is 11.5 Å². The van der Waals surface area contributed by atoms with Gasteiger partial charge in [0.1, 0.15) is 8.64 Å². The van der Waals surface area contributed by atoms with Crippen LogP contribution in [0.5, 0.6) is 0 Å². The van der Waals surface area contributed by atoms with Gasteiger partial charge in [-0.05, 0) is 21.6 Å². The Balaban J connectivity index is 0. The van der Waals surface area contributed by atoms with E-state index in [9.17, 15) is 0 Å². The van der Waals surface area contributed by atoms with Crippen molar-refractivity contribution < 1.29 is 19.5 Å². The Morgan fingerprint density at radius 1 is 1.00 bits per heavy atom. The molecule has 48 valence electrons. The van der Waals surface area contributed by atoms with E-state index in [0.29, 0.717) is 8.64 Å². The van der Waals surface area contributed by atoms with Crippen molar-refractivity contribution in [3.05, 3.63) is 0 Å². The fourth-order valence-corrected chi connectivity index (χ4v) is 1.35. The van der Waals surface area contributed by atoms with E-state index in [1.165, 1.54) is 21.6 Å². The summed E-state index contributed by atoms with van der Waals surface area (Å²) in [5.74, 6) is 0. The summed E-state index contributed by atoms with van der Waals surface area (Å²) in [5, 5.41) is 0. The Labute approximate surface area is 85.0 Å². The van der Waals surface area contributed by atoms with Crippen LogP contribution in [0, 0.1) is 0 Å². The van der Waals surface area contributed by atoms with Crippen LogP contribution in [0.15, 0.2) is 0 Å². The van der Waals surface area contributed by atoms with Crippen LogP contribution in [0.1, 0.15) is 0 Å². The minimum atomic E-state index is 0. The predicted octanol–water partition coefficient (Wildman–Crippen LogP) is 0.853. The van der Waals surface area contributed by atoms with E-state index in [1.54, 1.807) is 0 Å². The van der Waals surface area contributed by atoms with Gasteiger partial charge in [0.25, 0.3) is 0 Å². The molecule has 0 aliphatic carbocycles. The van der Waals surface area contributed by atoms with Crippen molar-refractivity contribution in [3.63, 3.8) is 0 Å². The maximum Gasteiger partial charge on any atom is 0.142 e. The first-order valence-corrected chi connectivity index (χ1v) is 4.53. The van der Waals surface area contributed by atoms with Gasteiger partial charge < -0.3 is 11.5 Å². The molecular formula is C2H4N2S4Zn. The molecule has 0 heterocycles. The largest absolute Gasteiger partial charge is 0.384 e. The van der Waals surface area contributed by atoms with Crippen molar-refractivity contribution in [1.29, 1.82) is 0 Å². The van der Waals surface area contributed by atoms with Gasteiger partial charge in [0.2, 0.25) is 0 Å². The Kier molecular flexibility index (Phi) is 10.2. The third-order valence-electron chi connectivity index (χ3n) is 0.206. The summed E-state index contributed by atoms with van der Waals surface area (Å²) in [5.41, 5.74) is 10.2. The molecule has 4 N–H and O–H groups in total. The normalized spacial score (nSPS) is 7.56. The Hall–Kier alpha value is 1.10. The second-order valence-corrected chi connectivity index (χ2v) is 4.41. The molecule has 2 nitrogen and oxygen atoms in total. The van der Waals surface area contributed by atoms with Gasteiger partial charge in [0.05, 0.1) is 0 Å². The molecule has 0 unspecified atom stereocenters. The minimum absolute atomic E-state index is 0. The Morgan fingerprint density at radius 2 is 1.22 bits per heavy atom. The number of thiocarbonyl (C=S) groups is 2. The van der Waals surface area contributed by atoms with Gasteiger partial charge in [0.15, 0.2) is 0 Å². The van der Waals surface area contributed by atoms with Crippen LogP contribution in [-0.4, -0.2) is 8.64 Å².